The van der Waals surface area contributed by atoms with Gasteiger partial charge in [-0.15, -0.1) is 0 Å². The lowest BCUT2D eigenvalue weighted by Crippen LogP contribution is -2.45. The number of likely N-dealkylation sites (N-methyl/N-ethyl adjacent to an activating group) is 1. The second-order valence-electron chi connectivity index (χ2n) is 7.58. The van der Waals surface area contributed by atoms with Crippen molar-refractivity contribution in [3.8, 4) is 11.5 Å². The van der Waals surface area contributed by atoms with E-state index in [-0.39, 0.29) is 18.6 Å². The zero-order valence-electron chi connectivity index (χ0n) is 16.9. The number of fused-ring (bicyclic) bond motifs is 2. The van der Waals surface area contributed by atoms with Gasteiger partial charge in [-0.05, 0) is 41.5 Å². The Balaban J connectivity index is 1.54. The monoisotopic (exact) mass is 415 g/mol. The van der Waals surface area contributed by atoms with Gasteiger partial charge in [0.25, 0.3) is 5.91 Å². The first-order valence-electron chi connectivity index (χ1n) is 10.1. The predicted octanol–water partition coefficient (Wildman–Crippen LogP) is 3.04. The number of benzene rings is 2. The van der Waals surface area contributed by atoms with Crippen molar-refractivity contribution >= 4 is 11.8 Å². The van der Waals surface area contributed by atoms with Crippen molar-refractivity contribution in [3.63, 3.8) is 0 Å². The molecule has 2 amide bonds. The van der Waals surface area contributed by atoms with Gasteiger partial charge in [-0.3, -0.25) is 14.6 Å². The van der Waals surface area contributed by atoms with Crippen LogP contribution in [-0.2, 0) is 11.3 Å². The van der Waals surface area contributed by atoms with E-state index in [0.29, 0.717) is 29.2 Å². The number of pyridine rings is 1. The Morgan fingerprint density at radius 1 is 1.10 bits per heavy atom. The summed E-state index contributed by atoms with van der Waals surface area (Å²) < 4.78 is 10.9. The lowest BCUT2D eigenvalue weighted by atomic mass is 9.79. The highest BCUT2D eigenvalue weighted by Crippen LogP contribution is 2.44. The molecule has 2 aromatic carbocycles. The maximum Gasteiger partial charge on any atom is 0.254 e. The molecule has 2 aliphatic heterocycles. The number of rotatable bonds is 4. The first-order chi connectivity index (χ1) is 15.1. The molecule has 0 spiro atoms. The predicted molar refractivity (Wildman–Crippen MR) is 113 cm³/mol. The minimum atomic E-state index is -0.581. The van der Waals surface area contributed by atoms with Gasteiger partial charge >= 0.3 is 0 Å². The van der Waals surface area contributed by atoms with Crippen LogP contribution in [-0.4, -0.2) is 35.5 Å². The van der Waals surface area contributed by atoms with E-state index in [9.17, 15) is 9.59 Å². The molecular formula is C24H21N3O4. The van der Waals surface area contributed by atoms with Crippen molar-refractivity contribution in [1.82, 2.24) is 15.2 Å². The van der Waals surface area contributed by atoms with Crippen LogP contribution < -0.4 is 14.8 Å². The molecule has 0 radical (unpaired) electrons. The number of amides is 2. The maximum atomic E-state index is 13.5. The number of hydrogen-bond donors (Lipinski definition) is 1. The highest BCUT2D eigenvalue weighted by atomic mass is 16.7. The fourth-order valence-electron chi connectivity index (χ4n) is 4.26. The molecule has 156 valence electrons. The van der Waals surface area contributed by atoms with Crippen molar-refractivity contribution < 1.29 is 19.1 Å². The van der Waals surface area contributed by atoms with Crippen LogP contribution >= 0.6 is 0 Å². The van der Waals surface area contributed by atoms with Crippen LogP contribution in [0.25, 0.3) is 0 Å². The van der Waals surface area contributed by atoms with E-state index in [4.69, 9.17) is 9.47 Å². The fourth-order valence-corrected chi connectivity index (χ4v) is 4.26. The third-order valence-corrected chi connectivity index (χ3v) is 5.77. The van der Waals surface area contributed by atoms with Gasteiger partial charge in [-0.1, -0.05) is 30.3 Å². The van der Waals surface area contributed by atoms with Gasteiger partial charge in [0.1, 0.15) is 0 Å². The van der Waals surface area contributed by atoms with E-state index < -0.39 is 12.0 Å². The lowest BCUT2D eigenvalue weighted by molar-refractivity contribution is -0.124. The van der Waals surface area contributed by atoms with Gasteiger partial charge < -0.3 is 19.7 Å². The average molecular weight is 415 g/mol. The van der Waals surface area contributed by atoms with Gasteiger partial charge in [0.05, 0.1) is 24.2 Å². The molecule has 1 N–H and O–H groups in total. The second kappa shape index (κ2) is 7.75. The van der Waals surface area contributed by atoms with Crippen molar-refractivity contribution in [3.05, 3.63) is 89.2 Å². The highest BCUT2D eigenvalue weighted by molar-refractivity contribution is 6.01. The summed E-state index contributed by atoms with van der Waals surface area (Å²) in [7, 11) is 1.73. The van der Waals surface area contributed by atoms with Crippen LogP contribution in [0, 0.1) is 0 Å². The van der Waals surface area contributed by atoms with Gasteiger partial charge in [-0.2, -0.15) is 0 Å². The Morgan fingerprint density at radius 2 is 1.90 bits per heavy atom. The molecule has 2 atom stereocenters. The largest absolute Gasteiger partial charge is 0.454 e. The summed E-state index contributed by atoms with van der Waals surface area (Å²) in [6.07, 6.45) is 1.69. The normalized spacial score (nSPS) is 19.1. The smallest absolute Gasteiger partial charge is 0.254 e. The number of carbonyl (C=O) groups is 2. The number of nitrogens with one attached hydrogen (secondary N) is 1. The molecule has 1 aromatic heterocycles. The van der Waals surface area contributed by atoms with Gasteiger partial charge in [-0.25, -0.2) is 0 Å². The van der Waals surface area contributed by atoms with Crippen LogP contribution in [0.4, 0.5) is 0 Å². The van der Waals surface area contributed by atoms with Crippen LogP contribution in [0.1, 0.15) is 39.1 Å². The molecule has 3 aromatic rings. The zero-order chi connectivity index (χ0) is 21.4. The van der Waals surface area contributed by atoms with Crippen molar-refractivity contribution in [2.75, 3.05) is 13.8 Å². The average Bonchev–Trinajstić information content (AvgIpc) is 3.28. The lowest BCUT2D eigenvalue weighted by Gasteiger charge is -2.39. The van der Waals surface area contributed by atoms with Gasteiger partial charge in [0.2, 0.25) is 12.7 Å². The van der Waals surface area contributed by atoms with E-state index in [1.807, 2.05) is 54.6 Å². The molecule has 5 rings (SSSR count). The van der Waals surface area contributed by atoms with Crippen LogP contribution in [0.3, 0.4) is 0 Å². The molecule has 7 nitrogen and oxygen atoms in total. The molecule has 31 heavy (non-hydrogen) atoms. The Bertz CT molecular complexity index is 1150. The maximum absolute atomic E-state index is 13.5. The number of carbonyl (C=O) groups excluding carboxylic acids is 2. The van der Waals surface area contributed by atoms with E-state index in [0.717, 1.165) is 11.3 Å². The molecule has 0 unspecified atom stereocenters. The molecule has 7 heteroatoms. The van der Waals surface area contributed by atoms with Crippen LogP contribution in [0.2, 0.25) is 0 Å². The second-order valence-corrected chi connectivity index (χ2v) is 7.58. The molecule has 0 saturated heterocycles. The third kappa shape index (κ3) is 3.38. The first kappa shape index (κ1) is 19.1. The Kier molecular flexibility index (Phi) is 4.78. The summed E-state index contributed by atoms with van der Waals surface area (Å²) in [5, 5.41) is 3.00. The van der Waals surface area contributed by atoms with E-state index in [1.165, 1.54) is 0 Å². The third-order valence-electron chi connectivity index (χ3n) is 5.77. The molecule has 3 heterocycles. The standard InChI is InChI=1S/C24H21N3O4/c1-27-22(15-9-10-19-20(12-15)31-14-30-19)21(17-7-2-3-8-18(17)24(27)29)23(28)26-13-16-6-4-5-11-25-16/h2-12,21-22H,13-14H2,1H3,(H,26,28)/t21-,22+/m0/s1. The fraction of sp³-hybridized carbons (Fsp3) is 0.208. The van der Waals surface area contributed by atoms with Crippen molar-refractivity contribution in [1.29, 1.82) is 0 Å². The van der Waals surface area contributed by atoms with E-state index >= 15 is 0 Å². The Hall–Kier alpha value is -3.87. The minimum Gasteiger partial charge on any atom is -0.454 e. The summed E-state index contributed by atoms with van der Waals surface area (Å²) in [6, 6.07) is 17.9. The minimum absolute atomic E-state index is 0.118. The van der Waals surface area contributed by atoms with Crippen LogP contribution in [0.15, 0.2) is 66.9 Å². The molecular weight excluding hydrogens is 394 g/mol. The summed E-state index contributed by atoms with van der Waals surface area (Å²) in [5.74, 6) is 0.407. The summed E-state index contributed by atoms with van der Waals surface area (Å²) in [6.45, 7) is 0.471. The van der Waals surface area contributed by atoms with Crippen molar-refractivity contribution in [2.45, 2.75) is 18.5 Å². The first-order valence-corrected chi connectivity index (χ1v) is 10.1. The SMILES string of the molecule is CN1C(=O)c2ccccc2[C@H](C(=O)NCc2ccccn2)[C@H]1c1ccc2c(c1)OCO2. The quantitative estimate of drug-likeness (QED) is 0.709. The van der Waals surface area contributed by atoms with E-state index in [2.05, 4.69) is 10.3 Å². The summed E-state index contributed by atoms with van der Waals surface area (Å²) in [4.78, 5) is 32.5. The number of aromatic nitrogens is 1. The van der Waals surface area contributed by atoms with Crippen molar-refractivity contribution in [2.24, 2.45) is 0 Å². The molecule has 0 fully saturated rings. The highest BCUT2D eigenvalue weighted by Gasteiger charge is 2.42. The van der Waals surface area contributed by atoms with E-state index in [1.54, 1.807) is 24.2 Å². The number of hydrogen-bond acceptors (Lipinski definition) is 5. The van der Waals surface area contributed by atoms with Gasteiger partial charge in [0, 0.05) is 18.8 Å². The van der Waals surface area contributed by atoms with Gasteiger partial charge in [0.15, 0.2) is 11.5 Å². The Morgan fingerprint density at radius 3 is 2.74 bits per heavy atom. The molecule has 2 aliphatic rings. The molecule has 0 saturated carbocycles. The summed E-state index contributed by atoms with van der Waals surface area (Å²) >= 11 is 0. The molecule has 0 aliphatic carbocycles. The molecule has 0 bridgehead atoms. The number of nitrogens with zero attached hydrogens (tertiary/aromatic N) is 2. The summed E-state index contributed by atoms with van der Waals surface area (Å²) in [5.41, 5.74) is 2.84. The zero-order valence-corrected chi connectivity index (χ0v) is 16.9. The topological polar surface area (TPSA) is 80.8 Å². The Labute approximate surface area is 179 Å². The van der Waals surface area contributed by atoms with Crippen LogP contribution in [0.5, 0.6) is 11.5 Å². The number of ether oxygens (including phenoxy) is 2.